The molecule has 0 bridgehead atoms. The van der Waals surface area contributed by atoms with E-state index in [9.17, 15) is 4.79 Å². The number of carboxylic acids is 1. The summed E-state index contributed by atoms with van der Waals surface area (Å²) in [7, 11) is 1.49. The zero-order valence-electron chi connectivity index (χ0n) is 5.13. The molecular weight excluding hydrogens is 122 g/mol. The van der Waals surface area contributed by atoms with Crippen LogP contribution in [0.4, 0.5) is 0 Å². The molecule has 0 radical (unpaired) electrons. The van der Waals surface area contributed by atoms with Crippen molar-refractivity contribution in [2.45, 2.75) is 0 Å². The zero-order valence-corrected chi connectivity index (χ0v) is 5.13. The molecule has 2 N–H and O–H groups in total. The number of nitrogens with one attached hydrogen (secondary N) is 1. The van der Waals surface area contributed by atoms with Crippen LogP contribution in [-0.4, -0.2) is 24.7 Å². The van der Waals surface area contributed by atoms with Gasteiger partial charge >= 0.3 is 5.97 Å². The smallest absolute Gasteiger partial charge is 0.322 e. The van der Waals surface area contributed by atoms with Crippen LogP contribution in [0.5, 0.6) is 0 Å². The summed E-state index contributed by atoms with van der Waals surface area (Å²) in [4.78, 5) is 9.83. The molecule has 0 atom stereocenters. The number of aliphatic carboxylic acids is 1. The van der Waals surface area contributed by atoms with Gasteiger partial charge < -0.3 is 15.2 Å². The van der Waals surface area contributed by atoms with Gasteiger partial charge in [-0.3, -0.25) is 4.79 Å². The molecule has 0 aliphatic rings. The Morgan fingerprint density at radius 1 is 1.89 bits per heavy atom. The summed E-state index contributed by atoms with van der Waals surface area (Å²) in [6.45, 7) is -0.0835. The van der Waals surface area contributed by atoms with E-state index in [0.29, 0.717) is 0 Å². The Hall–Kier alpha value is -1.19. The lowest BCUT2D eigenvalue weighted by atomic mass is 10.6. The van der Waals surface area contributed by atoms with Gasteiger partial charge in [-0.1, -0.05) is 0 Å². The van der Waals surface area contributed by atoms with Crippen molar-refractivity contribution in [3.05, 3.63) is 12.5 Å². The van der Waals surface area contributed by atoms with E-state index in [-0.39, 0.29) is 6.54 Å². The first-order valence-corrected chi connectivity index (χ1v) is 2.40. The van der Waals surface area contributed by atoms with Crippen molar-refractivity contribution in [3.8, 4) is 0 Å². The molecule has 0 aromatic rings. The van der Waals surface area contributed by atoms with Gasteiger partial charge in [0.15, 0.2) is 0 Å². The lowest BCUT2D eigenvalue weighted by molar-refractivity contribution is -0.135. The van der Waals surface area contributed by atoms with E-state index in [2.05, 4.69) is 10.1 Å². The predicted octanol–water partition coefficient (Wildman–Crippen LogP) is -0.222. The topological polar surface area (TPSA) is 58.6 Å². The highest BCUT2D eigenvalue weighted by molar-refractivity contribution is 5.69. The third kappa shape index (κ3) is 6.81. The van der Waals surface area contributed by atoms with Crippen LogP contribution in [-0.2, 0) is 9.53 Å². The number of hydrogen-bond acceptors (Lipinski definition) is 3. The Labute approximate surface area is 53.1 Å². The number of carbonyl (C=O) groups is 1. The molecule has 0 rings (SSSR count). The van der Waals surface area contributed by atoms with E-state index in [1.54, 1.807) is 0 Å². The maximum atomic E-state index is 9.83. The van der Waals surface area contributed by atoms with Gasteiger partial charge in [0, 0.05) is 6.20 Å². The zero-order chi connectivity index (χ0) is 7.11. The van der Waals surface area contributed by atoms with Gasteiger partial charge in [0.05, 0.1) is 13.4 Å². The van der Waals surface area contributed by atoms with Crippen LogP contribution in [0.15, 0.2) is 12.5 Å². The van der Waals surface area contributed by atoms with Gasteiger partial charge in [-0.15, -0.1) is 0 Å². The van der Waals surface area contributed by atoms with Crippen LogP contribution < -0.4 is 5.32 Å². The SMILES string of the molecule is COC=CNCC(=O)O. The Morgan fingerprint density at radius 3 is 3.00 bits per heavy atom. The fourth-order valence-electron chi connectivity index (χ4n) is 0.262. The molecule has 0 saturated heterocycles. The third-order valence-electron chi connectivity index (χ3n) is 0.575. The Kier molecular flexibility index (Phi) is 4.30. The molecule has 0 saturated carbocycles. The molecule has 4 nitrogen and oxygen atoms in total. The van der Waals surface area contributed by atoms with Gasteiger partial charge in [-0.25, -0.2) is 0 Å². The molecule has 52 valence electrons. The normalized spacial score (nSPS) is 9.44. The number of ether oxygens (including phenoxy) is 1. The summed E-state index contributed by atoms with van der Waals surface area (Å²) in [6.07, 6.45) is 2.79. The fraction of sp³-hybridized carbons (Fsp3) is 0.400. The molecule has 0 aromatic carbocycles. The van der Waals surface area contributed by atoms with E-state index in [1.807, 2.05) is 0 Å². The van der Waals surface area contributed by atoms with Crippen molar-refractivity contribution in [3.63, 3.8) is 0 Å². The van der Waals surface area contributed by atoms with E-state index in [0.717, 1.165) is 0 Å². The number of methoxy groups -OCH3 is 1. The summed E-state index contributed by atoms with van der Waals surface area (Å²) in [5.74, 6) is -0.893. The van der Waals surface area contributed by atoms with Crippen LogP contribution in [0.1, 0.15) is 0 Å². The average molecular weight is 131 g/mol. The minimum Gasteiger partial charge on any atom is -0.503 e. The molecule has 4 heteroatoms. The van der Waals surface area contributed by atoms with Gasteiger partial charge in [-0.05, 0) is 0 Å². The molecule has 0 heterocycles. The third-order valence-corrected chi connectivity index (χ3v) is 0.575. The summed E-state index contributed by atoms with van der Waals surface area (Å²) < 4.78 is 4.49. The first-order valence-electron chi connectivity index (χ1n) is 2.40. The minimum absolute atomic E-state index is 0.0835. The van der Waals surface area contributed by atoms with Crippen LogP contribution >= 0.6 is 0 Å². The highest BCUT2D eigenvalue weighted by Crippen LogP contribution is 1.66. The van der Waals surface area contributed by atoms with E-state index in [1.165, 1.54) is 19.6 Å². The first-order chi connectivity index (χ1) is 4.27. The first kappa shape index (κ1) is 7.81. The van der Waals surface area contributed by atoms with Crippen molar-refractivity contribution in [2.24, 2.45) is 0 Å². The lowest BCUT2D eigenvalue weighted by Gasteiger charge is -1.91. The summed E-state index contributed by atoms with van der Waals surface area (Å²) in [5, 5.41) is 10.6. The van der Waals surface area contributed by atoms with Crippen LogP contribution in [0, 0.1) is 0 Å². The van der Waals surface area contributed by atoms with Gasteiger partial charge in [0.1, 0.15) is 6.54 Å². The van der Waals surface area contributed by atoms with E-state index < -0.39 is 5.97 Å². The van der Waals surface area contributed by atoms with Crippen molar-refractivity contribution >= 4 is 5.97 Å². The van der Waals surface area contributed by atoms with Crippen molar-refractivity contribution in [1.29, 1.82) is 0 Å². The van der Waals surface area contributed by atoms with Crippen molar-refractivity contribution in [2.75, 3.05) is 13.7 Å². The Morgan fingerprint density at radius 2 is 2.56 bits per heavy atom. The quantitative estimate of drug-likeness (QED) is 0.518. The number of carboxylic acid groups (broad SMARTS) is 1. The van der Waals surface area contributed by atoms with Crippen molar-refractivity contribution < 1.29 is 14.6 Å². The molecule has 0 amide bonds. The van der Waals surface area contributed by atoms with E-state index in [4.69, 9.17) is 5.11 Å². The lowest BCUT2D eigenvalue weighted by Crippen LogP contribution is -2.16. The predicted molar refractivity (Wildman–Crippen MR) is 31.8 cm³/mol. The molecule has 9 heavy (non-hydrogen) atoms. The fourth-order valence-corrected chi connectivity index (χ4v) is 0.262. The second-order valence-electron chi connectivity index (χ2n) is 1.31. The summed E-state index contributed by atoms with van der Waals surface area (Å²) in [5.41, 5.74) is 0. The molecule has 0 aromatic heterocycles. The molecule has 0 fully saturated rings. The number of hydrogen-bond donors (Lipinski definition) is 2. The maximum Gasteiger partial charge on any atom is 0.322 e. The average Bonchev–Trinajstić information content (AvgIpc) is 1.80. The standard InChI is InChI=1S/C5H9NO3/c1-9-3-2-6-4-5(7)8/h2-3,6H,4H2,1H3,(H,7,8). The monoisotopic (exact) mass is 131 g/mol. The van der Waals surface area contributed by atoms with Crippen molar-refractivity contribution in [1.82, 2.24) is 5.32 Å². The van der Waals surface area contributed by atoms with Gasteiger partial charge in [0.2, 0.25) is 0 Å². The summed E-state index contributed by atoms with van der Waals surface area (Å²) >= 11 is 0. The molecule has 0 aliphatic carbocycles. The van der Waals surface area contributed by atoms with Crippen LogP contribution in [0.2, 0.25) is 0 Å². The highest BCUT2D eigenvalue weighted by Gasteiger charge is 1.88. The highest BCUT2D eigenvalue weighted by atomic mass is 16.5. The second-order valence-corrected chi connectivity index (χ2v) is 1.31. The van der Waals surface area contributed by atoms with Crippen LogP contribution in [0.25, 0.3) is 0 Å². The number of rotatable bonds is 4. The molecule has 0 unspecified atom stereocenters. The molecular formula is C5H9NO3. The van der Waals surface area contributed by atoms with Crippen LogP contribution in [0.3, 0.4) is 0 Å². The summed E-state index contributed by atoms with van der Waals surface area (Å²) in [6, 6.07) is 0. The van der Waals surface area contributed by atoms with E-state index >= 15 is 0 Å². The molecule has 0 aliphatic heterocycles. The molecule has 0 spiro atoms. The maximum absolute atomic E-state index is 9.83. The largest absolute Gasteiger partial charge is 0.503 e. The Bertz CT molecular complexity index is 111. The Balaban J connectivity index is 3.09. The van der Waals surface area contributed by atoms with Gasteiger partial charge in [-0.2, -0.15) is 0 Å². The second kappa shape index (κ2) is 4.96. The minimum atomic E-state index is -0.893. The van der Waals surface area contributed by atoms with Gasteiger partial charge in [0.25, 0.3) is 0 Å².